The maximum Gasteiger partial charge on any atom is 0.291 e. The zero-order valence-corrected chi connectivity index (χ0v) is 13.1. The van der Waals surface area contributed by atoms with Gasteiger partial charge in [-0.1, -0.05) is 30.3 Å². The van der Waals surface area contributed by atoms with Crippen molar-refractivity contribution >= 4 is 28.7 Å². The van der Waals surface area contributed by atoms with Gasteiger partial charge in [0.1, 0.15) is 11.6 Å². The minimum atomic E-state index is -0.413. The molecule has 0 aliphatic rings. The first-order valence-corrected chi connectivity index (χ1v) is 7.37. The molecule has 0 unspecified atom stereocenters. The fraction of sp³-hybridized carbons (Fsp3) is 0.0526. The van der Waals surface area contributed by atoms with E-state index in [0.29, 0.717) is 11.4 Å². The number of phenols is 1. The van der Waals surface area contributed by atoms with Crippen molar-refractivity contribution in [1.29, 1.82) is 0 Å². The number of anilines is 1. The van der Waals surface area contributed by atoms with Crippen LogP contribution in [0.3, 0.4) is 0 Å². The van der Waals surface area contributed by atoms with Crippen molar-refractivity contribution in [2.75, 3.05) is 12.4 Å². The van der Waals surface area contributed by atoms with Gasteiger partial charge in [-0.05, 0) is 42.0 Å². The van der Waals surface area contributed by atoms with Crippen molar-refractivity contribution in [3.63, 3.8) is 0 Å². The van der Waals surface area contributed by atoms with Gasteiger partial charge in [0.05, 0.1) is 12.6 Å². The molecular formula is C19H16N2O3. The molecule has 120 valence electrons. The molecule has 3 rings (SSSR count). The summed E-state index contributed by atoms with van der Waals surface area (Å²) in [6.45, 7) is 0. The first kappa shape index (κ1) is 15.6. The topological polar surface area (TPSA) is 71.5 Å². The van der Waals surface area contributed by atoms with Crippen molar-refractivity contribution in [3.05, 3.63) is 72.0 Å². The SMILES string of the molecule is CO/C(=C\c1cccc(O)c1)C(=O)Nc1ccc2ccccc2n1. The van der Waals surface area contributed by atoms with Crippen LogP contribution in [0.25, 0.3) is 17.0 Å². The summed E-state index contributed by atoms with van der Waals surface area (Å²) in [6.07, 6.45) is 1.55. The molecule has 0 atom stereocenters. The van der Waals surface area contributed by atoms with Gasteiger partial charge < -0.3 is 15.2 Å². The lowest BCUT2D eigenvalue weighted by Gasteiger charge is -2.08. The van der Waals surface area contributed by atoms with Crippen LogP contribution >= 0.6 is 0 Å². The normalized spacial score (nSPS) is 11.3. The molecule has 1 heterocycles. The number of carbonyl (C=O) groups excluding carboxylic acids is 1. The fourth-order valence-electron chi connectivity index (χ4n) is 2.30. The number of nitrogens with one attached hydrogen (secondary N) is 1. The number of nitrogens with zero attached hydrogens (tertiary/aromatic N) is 1. The fourth-order valence-corrected chi connectivity index (χ4v) is 2.30. The quantitative estimate of drug-likeness (QED) is 0.569. The molecule has 0 aliphatic heterocycles. The lowest BCUT2D eigenvalue weighted by molar-refractivity contribution is -0.115. The summed E-state index contributed by atoms with van der Waals surface area (Å²) in [5.74, 6) is 0.271. The number of carbonyl (C=O) groups is 1. The van der Waals surface area contributed by atoms with E-state index in [-0.39, 0.29) is 11.5 Å². The molecule has 2 aromatic carbocycles. The number of hydrogen-bond acceptors (Lipinski definition) is 4. The summed E-state index contributed by atoms with van der Waals surface area (Å²) in [5.41, 5.74) is 1.46. The number of rotatable bonds is 4. The Hall–Kier alpha value is -3.34. The van der Waals surface area contributed by atoms with Crippen molar-refractivity contribution in [2.24, 2.45) is 0 Å². The summed E-state index contributed by atoms with van der Waals surface area (Å²) in [5, 5.41) is 13.2. The van der Waals surface area contributed by atoms with Crippen LogP contribution in [0.2, 0.25) is 0 Å². The molecule has 0 saturated carbocycles. The zero-order valence-electron chi connectivity index (χ0n) is 13.1. The molecule has 24 heavy (non-hydrogen) atoms. The molecule has 0 radical (unpaired) electrons. The maximum absolute atomic E-state index is 12.4. The standard InChI is InChI=1S/C19H16N2O3/c1-24-17(12-13-5-4-7-15(22)11-13)19(23)21-18-10-9-14-6-2-3-8-16(14)20-18/h2-12,22H,1H3,(H,20,21,23)/b17-12-. The van der Waals surface area contributed by atoms with Crippen LogP contribution in [0.4, 0.5) is 5.82 Å². The van der Waals surface area contributed by atoms with Crippen molar-refractivity contribution < 1.29 is 14.6 Å². The smallest absolute Gasteiger partial charge is 0.291 e. The van der Waals surface area contributed by atoms with Crippen molar-refractivity contribution in [1.82, 2.24) is 4.98 Å². The van der Waals surface area contributed by atoms with Gasteiger partial charge in [-0.3, -0.25) is 4.79 Å². The van der Waals surface area contributed by atoms with Crippen molar-refractivity contribution in [3.8, 4) is 5.75 Å². The van der Waals surface area contributed by atoms with E-state index >= 15 is 0 Å². The van der Waals surface area contributed by atoms with Crippen LogP contribution in [-0.2, 0) is 9.53 Å². The Bertz CT molecular complexity index is 919. The Morgan fingerprint density at radius 3 is 2.75 bits per heavy atom. The number of aromatic hydroxyl groups is 1. The molecule has 5 heteroatoms. The average Bonchev–Trinajstić information content (AvgIpc) is 2.59. The molecule has 0 saturated heterocycles. The van der Waals surface area contributed by atoms with Gasteiger partial charge in [0.15, 0.2) is 5.76 Å². The highest BCUT2D eigenvalue weighted by molar-refractivity contribution is 6.05. The van der Waals surface area contributed by atoms with Crippen LogP contribution in [0.5, 0.6) is 5.75 Å². The number of aromatic nitrogens is 1. The number of ether oxygens (including phenoxy) is 1. The number of pyridine rings is 1. The third-order valence-corrected chi connectivity index (χ3v) is 3.45. The molecule has 1 aromatic heterocycles. The first-order valence-electron chi connectivity index (χ1n) is 7.37. The third kappa shape index (κ3) is 3.52. The highest BCUT2D eigenvalue weighted by Gasteiger charge is 2.11. The number of phenolic OH excluding ortho intramolecular Hbond substituents is 1. The first-order chi connectivity index (χ1) is 11.7. The Morgan fingerprint density at radius 1 is 1.12 bits per heavy atom. The van der Waals surface area contributed by atoms with Crippen molar-refractivity contribution in [2.45, 2.75) is 0 Å². The van der Waals surface area contributed by atoms with Crippen LogP contribution in [-0.4, -0.2) is 23.1 Å². The lowest BCUT2D eigenvalue weighted by atomic mass is 10.2. The van der Waals surface area contributed by atoms with E-state index in [1.54, 1.807) is 36.4 Å². The molecule has 3 aromatic rings. The molecule has 1 amide bonds. The van der Waals surface area contributed by atoms with Gasteiger partial charge in [-0.2, -0.15) is 0 Å². The summed E-state index contributed by atoms with van der Waals surface area (Å²) in [6, 6.07) is 17.8. The molecule has 0 fully saturated rings. The average molecular weight is 320 g/mol. The molecule has 2 N–H and O–H groups in total. The second-order valence-electron chi connectivity index (χ2n) is 5.15. The molecule has 0 spiro atoms. The number of fused-ring (bicyclic) bond motifs is 1. The van der Waals surface area contributed by atoms with E-state index in [4.69, 9.17) is 4.74 Å². The number of hydrogen-bond donors (Lipinski definition) is 2. The Morgan fingerprint density at radius 2 is 1.96 bits per heavy atom. The Balaban J connectivity index is 1.83. The van der Waals surface area contributed by atoms with Crippen LogP contribution in [0.1, 0.15) is 5.56 Å². The second kappa shape index (κ2) is 6.83. The molecule has 0 bridgehead atoms. The summed E-state index contributed by atoms with van der Waals surface area (Å²) >= 11 is 0. The van der Waals surface area contributed by atoms with E-state index in [1.807, 2.05) is 30.3 Å². The predicted octanol–water partition coefficient (Wildman–Crippen LogP) is 3.57. The zero-order chi connectivity index (χ0) is 16.9. The monoisotopic (exact) mass is 320 g/mol. The van der Waals surface area contributed by atoms with E-state index in [2.05, 4.69) is 10.3 Å². The number of para-hydroxylation sites is 1. The number of methoxy groups -OCH3 is 1. The van der Waals surface area contributed by atoms with Gasteiger partial charge >= 0.3 is 0 Å². The van der Waals surface area contributed by atoms with E-state index in [0.717, 1.165) is 10.9 Å². The predicted molar refractivity (Wildman–Crippen MR) is 93.5 cm³/mol. The van der Waals surface area contributed by atoms with Gasteiger partial charge in [0, 0.05) is 5.39 Å². The molecule has 0 aliphatic carbocycles. The molecular weight excluding hydrogens is 304 g/mol. The summed E-state index contributed by atoms with van der Waals surface area (Å²) in [7, 11) is 1.42. The Kier molecular flexibility index (Phi) is 4.43. The highest BCUT2D eigenvalue weighted by Crippen LogP contribution is 2.17. The van der Waals surface area contributed by atoms with Crippen LogP contribution in [0.15, 0.2) is 66.4 Å². The number of benzene rings is 2. The van der Waals surface area contributed by atoms with Crippen LogP contribution < -0.4 is 5.32 Å². The lowest BCUT2D eigenvalue weighted by Crippen LogP contribution is -2.16. The summed E-state index contributed by atoms with van der Waals surface area (Å²) < 4.78 is 5.16. The van der Waals surface area contributed by atoms with E-state index < -0.39 is 5.91 Å². The third-order valence-electron chi connectivity index (χ3n) is 3.45. The van der Waals surface area contributed by atoms with Gasteiger partial charge in [0.2, 0.25) is 0 Å². The van der Waals surface area contributed by atoms with Crippen LogP contribution in [0, 0.1) is 0 Å². The largest absolute Gasteiger partial charge is 0.508 e. The van der Waals surface area contributed by atoms with E-state index in [1.165, 1.54) is 7.11 Å². The van der Waals surface area contributed by atoms with Gasteiger partial charge in [0.25, 0.3) is 5.91 Å². The molecule has 5 nitrogen and oxygen atoms in total. The minimum Gasteiger partial charge on any atom is -0.508 e. The Labute approximate surface area is 139 Å². The minimum absolute atomic E-state index is 0.121. The summed E-state index contributed by atoms with van der Waals surface area (Å²) in [4.78, 5) is 16.8. The highest BCUT2D eigenvalue weighted by atomic mass is 16.5. The number of amides is 1. The van der Waals surface area contributed by atoms with Gasteiger partial charge in [-0.15, -0.1) is 0 Å². The second-order valence-corrected chi connectivity index (χ2v) is 5.15. The maximum atomic E-state index is 12.4. The van der Waals surface area contributed by atoms with Gasteiger partial charge in [-0.25, -0.2) is 4.98 Å². The van der Waals surface area contributed by atoms with E-state index in [9.17, 15) is 9.90 Å².